The van der Waals surface area contributed by atoms with Gasteiger partial charge >= 0.3 is 0 Å². The molecule has 1 aromatic carbocycles. The number of unbranched alkanes of at least 4 members (excludes halogenated alkanes) is 4. The van der Waals surface area contributed by atoms with Gasteiger partial charge in [0, 0.05) is 18.2 Å². The zero-order valence-electron chi connectivity index (χ0n) is 19.0. The summed E-state index contributed by atoms with van der Waals surface area (Å²) in [5, 5.41) is 3.11. The van der Waals surface area contributed by atoms with Gasteiger partial charge in [0.2, 0.25) is 0 Å². The molecule has 1 aromatic rings. The summed E-state index contributed by atoms with van der Waals surface area (Å²) in [7, 11) is 2.22. The highest BCUT2D eigenvalue weighted by molar-refractivity contribution is 5.94. The first-order valence-electron chi connectivity index (χ1n) is 11.9. The average molecular weight is 421 g/mol. The van der Waals surface area contributed by atoms with Gasteiger partial charge in [0.25, 0.3) is 5.91 Å². The first kappa shape index (κ1) is 24.8. The lowest BCUT2D eigenvalue weighted by atomic mass is 9.92. The fourth-order valence-electron chi connectivity index (χ4n) is 4.04. The minimum Gasteiger partial charge on any atom is -0.378 e. The second-order valence-electron chi connectivity index (χ2n) is 8.72. The molecule has 1 aliphatic rings. The molecule has 0 aliphatic heterocycles. The summed E-state index contributed by atoms with van der Waals surface area (Å²) < 4.78 is 18.7. The summed E-state index contributed by atoms with van der Waals surface area (Å²) in [4.78, 5) is 14.8. The molecule has 0 saturated heterocycles. The molecule has 170 valence electrons. The molecule has 0 aromatic heterocycles. The van der Waals surface area contributed by atoms with Crippen LogP contribution in [0.15, 0.2) is 24.3 Å². The summed E-state index contributed by atoms with van der Waals surface area (Å²) in [6, 6.07) is 6.94. The number of alkyl halides is 1. The fourth-order valence-corrected chi connectivity index (χ4v) is 4.04. The van der Waals surface area contributed by atoms with Crippen molar-refractivity contribution in [1.82, 2.24) is 10.2 Å². The number of benzene rings is 1. The van der Waals surface area contributed by atoms with E-state index in [0.717, 1.165) is 38.7 Å². The summed E-state index contributed by atoms with van der Waals surface area (Å²) >= 11 is 0. The largest absolute Gasteiger partial charge is 0.378 e. The lowest BCUT2D eigenvalue weighted by Gasteiger charge is -2.29. The van der Waals surface area contributed by atoms with Crippen LogP contribution in [0.4, 0.5) is 4.39 Å². The van der Waals surface area contributed by atoms with Crippen molar-refractivity contribution in [2.24, 2.45) is 0 Å². The van der Waals surface area contributed by atoms with Gasteiger partial charge in [-0.25, -0.2) is 4.39 Å². The van der Waals surface area contributed by atoms with Crippen molar-refractivity contribution in [3.8, 4) is 0 Å². The average Bonchev–Trinajstić information content (AvgIpc) is 2.77. The Kier molecular flexibility index (Phi) is 12.0. The number of hydrogen-bond acceptors (Lipinski definition) is 3. The smallest absolute Gasteiger partial charge is 0.251 e. The van der Waals surface area contributed by atoms with Crippen LogP contribution in [0, 0.1) is 0 Å². The van der Waals surface area contributed by atoms with Crippen molar-refractivity contribution >= 4 is 5.91 Å². The van der Waals surface area contributed by atoms with Crippen molar-refractivity contribution in [3.63, 3.8) is 0 Å². The van der Waals surface area contributed by atoms with E-state index in [-0.39, 0.29) is 11.9 Å². The standard InChI is InChI=1S/C25H41FN2O2/c1-3-4-6-17-28(2)18-7-5-8-19-30-24-15-13-23(14-16-24)27-25(29)22-11-9-21(20-26)10-12-22/h9-12,23-24H,3-8,13-20H2,1-2H3,(H,27,29). The van der Waals surface area contributed by atoms with Crippen molar-refractivity contribution < 1.29 is 13.9 Å². The van der Waals surface area contributed by atoms with E-state index in [1.165, 1.54) is 45.2 Å². The van der Waals surface area contributed by atoms with E-state index in [4.69, 9.17) is 4.74 Å². The highest BCUT2D eigenvalue weighted by atomic mass is 19.1. The summed E-state index contributed by atoms with van der Waals surface area (Å²) in [6.45, 7) is 5.00. The second kappa shape index (κ2) is 14.5. The maximum Gasteiger partial charge on any atom is 0.251 e. The molecule has 4 nitrogen and oxygen atoms in total. The molecule has 1 saturated carbocycles. The molecular weight excluding hydrogens is 379 g/mol. The lowest BCUT2D eigenvalue weighted by Crippen LogP contribution is -2.39. The predicted molar refractivity (Wildman–Crippen MR) is 122 cm³/mol. The third-order valence-corrected chi connectivity index (χ3v) is 6.06. The van der Waals surface area contributed by atoms with E-state index < -0.39 is 6.67 Å². The number of nitrogens with one attached hydrogen (secondary N) is 1. The Bertz CT molecular complexity index is 585. The molecule has 0 unspecified atom stereocenters. The molecular formula is C25H41FN2O2. The highest BCUT2D eigenvalue weighted by Gasteiger charge is 2.23. The van der Waals surface area contributed by atoms with Crippen molar-refractivity contribution in [2.75, 3.05) is 26.7 Å². The Hall–Kier alpha value is -1.46. The van der Waals surface area contributed by atoms with Gasteiger partial charge in [-0.1, -0.05) is 31.9 Å². The number of carbonyl (C=O) groups excluding carboxylic acids is 1. The minimum absolute atomic E-state index is 0.0653. The van der Waals surface area contributed by atoms with Gasteiger partial charge in [-0.15, -0.1) is 0 Å². The van der Waals surface area contributed by atoms with Crippen LogP contribution in [0.1, 0.15) is 87.1 Å². The third kappa shape index (κ3) is 9.57. The van der Waals surface area contributed by atoms with Crippen molar-refractivity contribution in [3.05, 3.63) is 35.4 Å². The summed E-state index contributed by atoms with van der Waals surface area (Å²) in [5.41, 5.74) is 1.20. The first-order valence-corrected chi connectivity index (χ1v) is 11.9. The fraction of sp³-hybridized carbons (Fsp3) is 0.720. The molecule has 0 atom stereocenters. The van der Waals surface area contributed by atoms with Crippen LogP contribution in [-0.4, -0.2) is 49.7 Å². The van der Waals surface area contributed by atoms with Crippen LogP contribution in [-0.2, 0) is 11.4 Å². The molecule has 0 bridgehead atoms. The van der Waals surface area contributed by atoms with E-state index in [1.807, 2.05) is 0 Å². The number of rotatable bonds is 14. The van der Waals surface area contributed by atoms with Gasteiger partial charge in [0.1, 0.15) is 6.67 Å². The van der Waals surface area contributed by atoms with Crippen LogP contribution in [0.2, 0.25) is 0 Å². The van der Waals surface area contributed by atoms with Gasteiger partial charge in [0.15, 0.2) is 0 Å². The zero-order chi connectivity index (χ0) is 21.6. The zero-order valence-corrected chi connectivity index (χ0v) is 19.0. The predicted octanol–water partition coefficient (Wildman–Crippen LogP) is 5.51. The van der Waals surface area contributed by atoms with Crippen LogP contribution in [0.3, 0.4) is 0 Å². The molecule has 0 heterocycles. The Morgan fingerprint density at radius 1 is 1.03 bits per heavy atom. The van der Waals surface area contributed by atoms with E-state index in [9.17, 15) is 9.18 Å². The lowest BCUT2D eigenvalue weighted by molar-refractivity contribution is 0.0202. The molecule has 1 fully saturated rings. The Morgan fingerprint density at radius 3 is 2.33 bits per heavy atom. The van der Waals surface area contributed by atoms with Gasteiger partial charge in [-0.3, -0.25) is 4.79 Å². The van der Waals surface area contributed by atoms with Crippen LogP contribution in [0.5, 0.6) is 0 Å². The molecule has 2 rings (SSSR count). The van der Waals surface area contributed by atoms with Gasteiger partial charge in [-0.2, -0.15) is 0 Å². The number of halogens is 1. The molecule has 1 aliphatic carbocycles. The Balaban J connectivity index is 1.51. The van der Waals surface area contributed by atoms with E-state index in [1.54, 1.807) is 24.3 Å². The SMILES string of the molecule is CCCCCN(C)CCCCCOC1CCC(NC(=O)c2ccc(CF)cc2)CC1. The van der Waals surface area contributed by atoms with Crippen molar-refractivity contribution in [2.45, 2.75) is 90.0 Å². The van der Waals surface area contributed by atoms with Gasteiger partial charge < -0.3 is 15.0 Å². The minimum atomic E-state index is -0.498. The normalized spacial score (nSPS) is 19.2. The Morgan fingerprint density at radius 2 is 1.70 bits per heavy atom. The molecule has 0 radical (unpaired) electrons. The number of amides is 1. The number of hydrogen-bond donors (Lipinski definition) is 1. The number of carbonyl (C=O) groups is 1. The third-order valence-electron chi connectivity index (χ3n) is 6.06. The van der Waals surface area contributed by atoms with Crippen LogP contribution < -0.4 is 5.32 Å². The maximum atomic E-state index is 12.6. The van der Waals surface area contributed by atoms with Crippen LogP contribution >= 0.6 is 0 Å². The number of ether oxygens (including phenoxy) is 1. The molecule has 1 amide bonds. The maximum absolute atomic E-state index is 12.6. The first-order chi connectivity index (χ1) is 14.6. The van der Waals surface area contributed by atoms with E-state index >= 15 is 0 Å². The monoisotopic (exact) mass is 420 g/mol. The topological polar surface area (TPSA) is 41.6 Å². The van der Waals surface area contributed by atoms with Crippen molar-refractivity contribution in [1.29, 1.82) is 0 Å². The summed E-state index contributed by atoms with van der Waals surface area (Å²) in [5.74, 6) is -0.0653. The quantitative estimate of drug-likeness (QED) is 0.404. The van der Waals surface area contributed by atoms with E-state index in [0.29, 0.717) is 17.2 Å². The summed E-state index contributed by atoms with van der Waals surface area (Å²) in [6.07, 6.45) is 11.8. The molecule has 30 heavy (non-hydrogen) atoms. The number of nitrogens with zero attached hydrogens (tertiary/aromatic N) is 1. The molecule has 0 spiro atoms. The Labute approximate surface area is 182 Å². The van der Waals surface area contributed by atoms with Crippen LogP contribution in [0.25, 0.3) is 0 Å². The molecule has 1 N–H and O–H groups in total. The molecule has 5 heteroatoms. The van der Waals surface area contributed by atoms with Gasteiger partial charge in [-0.05, 0) is 89.2 Å². The highest BCUT2D eigenvalue weighted by Crippen LogP contribution is 2.22. The second-order valence-corrected chi connectivity index (χ2v) is 8.72. The van der Waals surface area contributed by atoms with E-state index in [2.05, 4.69) is 24.2 Å². The van der Waals surface area contributed by atoms with Gasteiger partial charge in [0.05, 0.1) is 6.10 Å².